The molecule has 0 heterocycles. The van der Waals surface area contributed by atoms with Crippen molar-refractivity contribution in [2.24, 2.45) is 5.90 Å². The molecule has 0 spiro atoms. The Morgan fingerprint density at radius 1 is 1.28 bits per heavy atom. The van der Waals surface area contributed by atoms with Gasteiger partial charge in [-0.05, 0) is 19.1 Å². The van der Waals surface area contributed by atoms with Crippen molar-refractivity contribution in [1.82, 2.24) is 5.32 Å². The number of nitrogens with one attached hydrogen (secondary N) is 1. The van der Waals surface area contributed by atoms with Crippen LogP contribution in [0.2, 0.25) is 0 Å². The molecule has 0 fully saturated rings. The van der Waals surface area contributed by atoms with Gasteiger partial charge in [0.1, 0.15) is 11.5 Å². The maximum absolute atomic E-state index is 11.9. The number of carbonyl (C=O) groups is 1. The Balaban J connectivity index is 2.84. The van der Waals surface area contributed by atoms with Crippen molar-refractivity contribution in [2.45, 2.75) is 13.0 Å². The summed E-state index contributed by atoms with van der Waals surface area (Å²) in [6.07, 6.45) is 0. The predicted octanol–water partition coefficient (Wildman–Crippen LogP) is 0.712. The molecule has 18 heavy (non-hydrogen) atoms. The molecule has 0 aromatic heterocycles. The van der Waals surface area contributed by atoms with Gasteiger partial charge in [0.05, 0.1) is 26.9 Å². The van der Waals surface area contributed by atoms with E-state index in [1.54, 1.807) is 25.1 Å². The molecule has 1 amide bonds. The summed E-state index contributed by atoms with van der Waals surface area (Å²) >= 11 is 0. The average Bonchev–Trinajstić information content (AvgIpc) is 2.38. The van der Waals surface area contributed by atoms with Gasteiger partial charge in [0.25, 0.3) is 5.91 Å². The van der Waals surface area contributed by atoms with Gasteiger partial charge < -0.3 is 19.6 Å². The van der Waals surface area contributed by atoms with Crippen LogP contribution in [0.4, 0.5) is 0 Å². The topological polar surface area (TPSA) is 82.8 Å². The highest BCUT2D eigenvalue weighted by molar-refractivity contribution is 5.95. The molecule has 0 bridgehead atoms. The number of benzene rings is 1. The molecule has 0 aliphatic heterocycles. The van der Waals surface area contributed by atoms with Crippen molar-refractivity contribution in [3.63, 3.8) is 0 Å². The van der Waals surface area contributed by atoms with E-state index in [1.165, 1.54) is 14.2 Å². The van der Waals surface area contributed by atoms with Gasteiger partial charge in [-0.15, -0.1) is 0 Å². The molecule has 1 atom stereocenters. The lowest BCUT2D eigenvalue weighted by atomic mass is 10.1. The van der Waals surface area contributed by atoms with Crippen LogP contribution in [0.25, 0.3) is 0 Å². The third kappa shape index (κ3) is 3.90. The SMILES string of the molecule is COc1cc(OC)cc(C(=O)NC(C)CON)c1. The lowest BCUT2D eigenvalue weighted by Gasteiger charge is -2.13. The van der Waals surface area contributed by atoms with Crippen LogP contribution >= 0.6 is 0 Å². The number of rotatable bonds is 6. The normalized spacial score (nSPS) is 11.8. The largest absolute Gasteiger partial charge is 0.497 e. The summed E-state index contributed by atoms with van der Waals surface area (Å²) < 4.78 is 10.2. The molecule has 1 rings (SSSR count). The number of amides is 1. The Bertz CT molecular complexity index is 387. The van der Waals surface area contributed by atoms with Crippen LogP contribution in [-0.4, -0.2) is 32.8 Å². The Morgan fingerprint density at radius 2 is 1.83 bits per heavy atom. The molecule has 0 saturated heterocycles. The van der Waals surface area contributed by atoms with Crippen LogP contribution < -0.4 is 20.7 Å². The van der Waals surface area contributed by atoms with Crippen molar-refractivity contribution in [3.8, 4) is 11.5 Å². The summed E-state index contributed by atoms with van der Waals surface area (Å²) in [7, 11) is 3.06. The molecule has 0 aliphatic carbocycles. The van der Waals surface area contributed by atoms with Gasteiger partial charge in [0.15, 0.2) is 0 Å². The number of methoxy groups -OCH3 is 2. The third-order valence-electron chi connectivity index (χ3n) is 2.34. The lowest BCUT2D eigenvalue weighted by molar-refractivity contribution is 0.0856. The van der Waals surface area contributed by atoms with E-state index in [0.717, 1.165) is 0 Å². The first-order valence-corrected chi connectivity index (χ1v) is 5.46. The first kappa shape index (κ1) is 14.3. The highest BCUT2D eigenvalue weighted by Crippen LogP contribution is 2.22. The second-order valence-corrected chi connectivity index (χ2v) is 3.81. The molecule has 6 heteroatoms. The van der Waals surface area contributed by atoms with E-state index < -0.39 is 0 Å². The highest BCUT2D eigenvalue weighted by Gasteiger charge is 2.12. The fraction of sp³-hybridized carbons (Fsp3) is 0.417. The first-order valence-electron chi connectivity index (χ1n) is 5.46. The van der Waals surface area contributed by atoms with E-state index in [2.05, 4.69) is 10.2 Å². The zero-order chi connectivity index (χ0) is 13.5. The molecule has 0 aliphatic rings. The average molecular weight is 254 g/mol. The minimum absolute atomic E-state index is 0.181. The van der Waals surface area contributed by atoms with Gasteiger partial charge in [-0.1, -0.05) is 0 Å². The standard InChI is InChI=1S/C12H18N2O4/c1-8(7-18-13)14-12(15)9-4-10(16-2)6-11(5-9)17-3/h4-6,8H,7,13H2,1-3H3,(H,14,15). The monoisotopic (exact) mass is 254 g/mol. The summed E-state index contributed by atoms with van der Waals surface area (Å²) in [5, 5.41) is 2.74. The van der Waals surface area contributed by atoms with Crippen molar-refractivity contribution in [2.75, 3.05) is 20.8 Å². The first-order chi connectivity index (χ1) is 8.60. The summed E-state index contributed by atoms with van der Waals surface area (Å²) in [4.78, 5) is 16.4. The van der Waals surface area contributed by atoms with Crippen LogP contribution in [0.5, 0.6) is 11.5 Å². The van der Waals surface area contributed by atoms with Gasteiger partial charge in [-0.3, -0.25) is 4.79 Å². The smallest absolute Gasteiger partial charge is 0.251 e. The third-order valence-corrected chi connectivity index (χ3v) is 2.34. The van der Waals surface area contributed by atoms with Crippen LogP contribution in [-0.2, 0) is 4.84 Å². The molecule has 1 aromatic carbocycles. The fourth-order valence-corrected chi connectivity index (χ4v) is 1.43. The van der Waals surface area contributed by atoms with Crippen LogP contribution in [0.3, 0.4) is 0 Å². The molecule has 1 unspecified atom stereocenters. The summed E-state index contributed by atoms with van der Waals surface area (Å²) in [5.74, 6) is 5.82. The predicted molar refractivity (Wildman–Crippen MR) is 66.6 cm³/mol. The zero-order valence-corrected chi connectivity index (χ0v) is 10.7. The van der Waals surface area contributed by atoms with Crippen LogP contribution in [0, 0.1) is 0 Å². The molecular weight excluding hydrogens is 236 g/mol. The van der Waals surface area contributed by atoms with Gasteiger partial charge in [-0.2, -0.15) is 0 Å². The van der Waals surface area contributed by atoms with Gasteiger partial charge in [-0.25, -0.2) is 5.90 Å². The number of carbonyl (C=O) groups excluding carboxylic acids is 1. The van der Waals surface area contributed by atoms with Gasteiger partial charge in [0, 0.05) is 11.6 Å². The molecule has 0 saturated carbocycles. The van der Waals surface area contributed by atoms with E-state index in [-0.39, 0.29) is 18.6 Å². The number of ether oxygens (including phenoxy) is 2. The zero-order valence-electron chi connectivity index (χ0n) is 10.7. The maximum atomic E-state index is 11.9. The van der Waals surface area contributed by atoms with Crippen molar-refractivity contribution >= 4 is 5.91 Å². The van der Waals surface area contributed by atoms with Crippen LogP contribution in [0.1, 0.15) is 17.3 Å². The second-order valence-electron chi connectivity index (χ2n) is 3.81. The van der Waals surface area contributed by atoms with E-state index in [1.807, 2.05) is 0 Å². The lowest BCUT2D eigenvalue weighted by Crippen LogP contribution is -2.36. The number of nitrogens with two attached hydrogens (primary N) is 1. The van der Waals surface area contributed by atoms with Crippen LogP contribution in [0.15, 0.2) is 18.2 Å². The second kappa shape index (κ2) is 6.83. The Labute approximate surface area is 106 Å². The Kier molecular flexibility index (Phi) is 5.41. The molecule has 3 N–H and O–H groups in total. The minimum atomic E-state index is -0.239. The molecule has 100 valence electrons. The minimum Gasteiger partial charge on any atom is -0.497 e. The number of hydrogen-bond acceptors (Lipinski definition) is 5. The van der Waals surface area contributed by atoms with Gasteiger partial charge in [0.2, 0.25) is 0 Å². The highest BCUT2D eigenvalue weighted by atomic mass is 16.6. The Hall–Kier alpha value is -1.79. The van der Waals surface area contributed by atoms with E-state index in [0.29, 0.717) is 17.1 Å². The van der Waals surface area contributed by atoms with Crippen molar-refractivity contribution in [1.29, 1.82) is 0 Å². The summed E-state index contributed by atoms with van der Waals surface area (Å²) in [5.41, 5.74) is 0.454. The van der Waals surface area contributed by atoms with E-state index >= 15 is 0 Å². The maximum Gasteiger partial charge on any atom is 0.251 e. The molecule has 6 nitrogen and oxygen atoms in total. The quantitative estimate of drug-likeness (QED) is 0.731. The molecule has 1 aromatic rings. The van der Waals surface area contributed by atoms with E-state index in [4.69, 9.17) is 15.4 Å². The molecular formula is C12H18N2O4. The Morgan fingerprint density at radius 3 is 2.28 bits per heavy atom. The fourth-order valence-electron chi connectivity index (χ4n) is 1.43. The summed E-state index contributed by atoms with van der Waals surface area (Å²) in [6, 6.07) is 4.78. The van der Waals surface area contributed by atoms with E-state index in [9.17, 15) is 4.79 Å². The summed E-state index contributed by atoms with van der Waals surface area (Å²) in [6.45, 7) is 2.04. The van der Waals surface area contributed by atoms with Crippen molar-refractivity contribution < 1.29 is 19.1 Å². The number of hydrogen-bond donors (Lipinski definition) is 2. The van der Waals surface area contributed by atoms with Gasteiger partial charge >= 0.3 is 0 Å². The van der Waals surface area contributed by atoms with Crippen molar-refractivity contribution in [3.05, 3.63) is 23.8 Å². The molecule has 0 radical (unpaired) electrons.